The Kier molecular flexibility index (Phi) is 7.20. The quantitative estimate of drug-likeness (QED) is 0.377. The van der Waals surface area contributed by atoms with E-state index in [-0.39, 0.29) is 12.5 Å². The van der Waals surface area contributed by atoms with E-state index in [0.717, 1.165) is 22.4 Å². The van der Waals surface area contributed by atoms with Gasteiger partial charge in [0, 0.05) is 28.9 Å². The van der Waals surface area contributed by atoms with Gasteiger partial charge in [0.05, 0.1) is 24.3 Å². The number of rotatable bonds is 8. The summed E-state index contributed by atoms with van der Waals surface area (Å²) in [4.78, 5) is 14.5. The summed E-state index contributed by atoms with van der Waals surface area (Å²) in [6.07, 6.45) is 2.01. The summed E-state index contributed by atoms with van der Waals surface area (Å²) in [7, 11) is 1.89. The van der Waals surface area contributed by atoms with Crippen LogP contribution in [-0.2, 0) is 17.9 Å². The standard InChI is InChI=1S/C25H22ClN5OS/c1-30(17-23(32)28-25-19(13-27)11-12-33-25)14-21-16-31(15-20-9-5-6-10-22(20)26)29-24(21)18-7-3-2-4-8-18/h2-12,16H,14-15,17H2,1H3,(H,28,32). The van der Waals surface area contributed by atoms with Crippen molar-refractivity contribution in [2.75, 3.05) is 18.9 Å². The van der Waals surface area contributed by atoms with E-state index in [9.17, 15) is 4.79 Å². The molecule has 166 valence electrons. The number of nitriles is 1. The van der Waals surface area contributed by atoms with Crippen molar-refractivity contribution in [3.05, 3.63) is 94.0 Å². The van der Waals surface area contributed by atoms with Gasteiger partial charge < -0.3 is 5.32 Å². The first-order chi connectivity index (χ1) is 16.0. The Morgan fingerprint density at radius 3 is 2.67 bits per heavy atom. The fourth-order valence-corrected chi connectivity index (χ4v) is 4.50. The summed E-state index contributed by atoms with van der Waals surface area (Å²) >= 11 is 7.69. The molecule has 2 aromatic heterocycles. The zero-order chi connectivity index (χ0) is 23.2. The molecule has 0 radical (unpaired) electrons. The second kappa shape index (κ2) is 10.5. The molecule has 0 saturated heterocycles. The van der Waals surface area contributed by atoms with E-state index >= 15 is 0 Å². The predicted octanol–water partition coefficient (Wildman–Crippen LogP) is 5.26. The van der Waals surface area contributed by atoms with Crippen molar-refractivity contribution in [3.63, 3.8) is 0 Å². The van der Waals surface area contributed by atoms with Crippen LogP contribution in [0.25, 0.3) is 11.3 Å². The highest BCUT2D eigenvalue weighted by Gasteiger charge is 2.16. The van der Waals surface area contributed by atoms with Gasteiger partial charge >= 0.3 is 0 Å². The van der Waals surface area contributed by atoms with Crippen molar-refractivity contribution < 1.29 is 4.79 Å². The molecule has 0 fully saturated rings. The molecule has 0 saturated carbocycles. The minimum absolute atomic E-state index is 0.166. The molecule has 4 aromatic rings. The molecule has 0 aliphatic heterocycles. The number of amides is 1. The van der Waals surface area contributed by atoms with Crippen LogP contribution >= 0.6 is 22.9 Å². The maximum Gasteiger partial charge on any atom is 0.239 e. The number of carbonyl (C=O) groups excluding carboxylic acids is 1. The third kappa shape index (κ3) is 5.68. The number of carbonyl (C=O) groups is 1. The van der Waals surface area contributed by atoms with E-state index < -0.39 is 0 Å². The molecule has 0 unspecified atom stereocenters. The lowest BCUT2D eigenvalue weighted by molar-refractivity contribution is -0.117. The molecule has 0 atom stereocenters. The van der Waals surface area contributed by atoms with Crippen molar-refractivity contribution in [3.8, 4) is 17.3 Å². The van der Waals surface area contributed by atoms with Crippen LogP contribution < -0.4 is 5.32 Å². The van der Waals surface area contributed by atoms with Crippen LogP contribution in [0.4, 0.5) is 5.00 Å². The number of aromatic nitrogens is 2. The molecule has 2 aromatic carbocycles. The average molecular weight is 476 g/mol. The van der Waals surface area contributed by atoms with Gasteiger partial charge in [-0.3, -0.25) is 14.4 Å². The zero-order valence-corrected chi connectivity index (χ0v) is 19.6. The SMILES string of the molecule is CN(CC(=O)Nc1sccc1C#N)Cc1cn(Cc2ccccc2Cl)nc1-c1ccccc1. The van der Waals surface area contributed by atoms with Crippen molar-refractivity contribution in [1.82, 2.24) is 14.7 Å². The number of benzene rings is 2. The molecular weight excluding hydrogens is 454 g/mol. The molecule has 1 amide bonds. The molecule has 2 heterocycles. The first kappa shape index (κ1) is 22.7. The number of halogens is 1. The summed E-state index contributed by atoms with van der Waals surface area (Å²) < 4.78 is 1.89. The molecule has 0 spiro atoms. The van der Waals surface area contributed by atoms with Crippen LogP contribution in [-0.4, -0.2) is 34.2 Å². The topological polar surface area (TPSA) is 74.0 Å². The van der Waals surface area contributed by atoms with E-state index in [0.29, 0.717) is 28.7 Å². The van der Waals surface area contributed by atoms with Gasteiger partial charge in [-0.05, 0) is 30.1 Å². The lowest BCUT2D eigenvalue weighted by Crippen LogP contribution is -2.29. The zero-order valence-electron chi connectivity index (χ0n) is 18.0. The smallest absolute Gasteiger partial charge is 0.239 e. The minimum atomic E-state index is -0.166. The monoisotopic (exact) mass is 475 g/mol. The molecule has 6 nitrogen and oxygen atoms in total. The maximum absolute atomic E-state index is 12.5. The lowest BCUT2D eigenvalue weighted by atomic mass is 10.1. The van der Waals surface area contributed by atoms with Crippen molar-refractivity contribution in [1.29, 1.82) is 5.26 Å². The Labute approximate surface area is 201 Å². The van der Waals surface area contributed by atoms with E-state index in [1.165, 1.54) is 11.3 Å². The summed E-state index contributed by atoms with van der Waals surface area (Å²) in [5.41, 5.74) is 4.37. The van der Waals surface area contributed by atoms with Crippen LogP contribution in [0.3, 0.4) is 0 Å². The van der Waals surface area contributed by atoms with Gasteiger partial charge in [0.1, 0.15) is 11.1 Å². The third-order valence-electron chi connectivity index (χ3n) is 5.07. The number of hydrogen-bond donors (Lipinski definition) is 1. The van der Waals surface area contributed by atoms with Crippen molar-refractivity contribution >= 4 is 33.8 Å². The molecule has 8 heteroatoms. The summed E-state index contributed by atoms with van der Waals surface area (Å²) in [5, 5.41) is 19.9. The normalized spacial score (nSPS) is 10.8. The molecule has 1 N–H and O–H groups in total. The summed E-state index contributed by atoms with van der Waals surface area (Å²) in [6, 6.07) is 21.5. The number of anilines is 1. The second-order valence-electron chi connectivity index (χ2n) is 7.65. The third-order valence-corrected chi connectivity index (χ3v) is 6.27. The van der Waals surface area contributed by atoms with Gasteiger partial charge in [0.15, 0.2) is 0 Å². The largest absolute Gasteiger partial charge is 0.315 e. The minimum Gasteiger partial charge on any atom is -0.315 e. The predicted molar refractivity (Wildman–Crippen MR) is 132 cm³/mol. The van der Waals surface area contributed by atoms with Gasteiger partial charge in [-0.25, -0.2) is 0 Å². The maximum atomic E-state index is 12.5. The van der Waals surface area contributed by atoms with E-state index in [2.05, 4.69) is 11.4 Å². The van der Waals surface area contributed by atoms with Crippen LogP contribution in [0.15, 0.2) is 72.2 Å². The van der Waals surface area contributed by atoms with Gasteiger partial charge in [-0.15, -0.1) is 11.3 Å². The van der Waals surface area contributed by atoms with E-state index in [1.54, 1.807) is 11.4 Å². The number of thiophene rings is 1. The fourth-order valence-electron chi connectivity index (χ4n) is 3.55. The average Bonchev–Trinajstić information content (AvgIpc) is 3.42. The lowest BCUT2D eigenvalue weighted by Gasteiger charge is -2.16. The van der Waals surface area contributed by atoms with Crippen molar-refractivity contribution in [2.45, 2.75) is 13.1 Å². The van der Waals surface area contributed by atoms with Crippen LogP contribution in [0.1, 0.15) is 16.7 Å². The van der Waals surface area contributed by atoms with Crippen LogP contribution in [0, 0.1) is 11.3 Å². The highest BCUT2D eigenvalue weighted by atomic mass is 35.5. The van der Waals surface area contributed by atoms with Crippen LogP contribution in [0.2, 0.25) is 5.02 Å². The summed E-state index contributed by atoms with van der Waals surface area (Å²) in [6.45, 7) is 1.28. The number of nitrogens with one attached hydrogen (secondary N) is 1. The number of hydrogen-bond acceptors (Lipinski definition) is 5. The van der Waals surface area contributed by atoms with Crippen LogP contribution in [0.5, 0.6) is 0 Å². The first-order valence-corrected chi connectivity index (χ1v) is 11.6. The van der Waals surface area contributed by atoms with Gasteiger partial charge in [0.25, 0.3) is 0 Å². The van der Waals surface area contributed by atoms with Gasteiger partial charge in [-0.1, -0.05) is 60.1 Å². The molecule has 0 bridgehead atoms. The number of nitrogens with zero attached hydrogens (tertiary/aromatic N) is 4. The molecular formula is C25H22ClN5OS. The van der Waals surface area contributed by atoms with Gasteiger partial charge in [0.2, 0.25) is 5.91 Å². The number of likely N-dealkylation sites (N-methyl/N-ethyl adjacent to an activating group) is 1. The fraction of sp³-hybridized carbons (Fsp3) is 0.160. The highest BCUT2D eigenvalue weighted by molar-refractivity contribution is 7.14. The van der Waals surface area contributed by atoms with Crippen molar-refractivity contribution in [2.24, 2.45) is 0 Å². The molecule has 33 heavy (non-hydrogen) atoms. The first-order valence-electron chi connectivity index (χ1n) is 10.3. The Bertz CT molecular complexity index is 1290. The van der Waals surface area contributed by atoms with E-state index in [4.69, 9.17) is 22.0 Å². The summed E-state index contributed by atoms with van der Waals surface area (Å²) in [5.74, 6) is -0.166. The molecule has 0 aliphatic rings. The van der Waals surface area contributed by atoms with Gasteiger partial charge in [-0.2, -0.15) is 10.4 Å². The highest BCUT2D eigenvalue weighted by Crippen LogP contribution is 2.25. The Morgan fingerprint density at radius 1 is 1.15 bits per heavy atom. The molecule has 0 aliphatic carbocycles. The Morgan fingerprint density at radius 2 is 1.91 bits per heavy atom. The van der Waals surface area contributed by atoms with E-state index in [1.807, 2.05) is 77.4 Å². The second-order valence-corrected chi connectivity index (χ2v) is 8.98. The Balaban J connectivity index is 1.51. The molecule has 4 rings (SSSR count). The Hall–Kier alpha value is -3.44.